The molecule has 2 N–H and O–H groups in total. The second-order valence-corrected chi connectivity index (χ2v) is 8.06. The maximum absolute atomic E-state index is 13.7. The fourth-order valence-corrected chi connectivity index (χ4v) is 4.03. The number of halogens is 2. The van der Waals surface area contributed by atoms with Crippen LogP contribution in [0.15, 0.2) is 18.2 Å². The number of carbonyl (C=O) groups excluding carboxylic acids is 3. The lowest BCUT2D eigenvalue weighted by Crippen LogP contribution is -2.57. The summed E-state index contributed by atoms with van der Waals surface area (Å²) >= 11 is 5.96. The molecule has 2 fully saturated rings. The van der Waals surface area contributed by atoms with Gasteiger partial charge in [-0.15, -0.1) is 0 Å². The van der Waals surface area contributed by atoms with E-state index in [-0.39, 0.29) is 18.4 Å². The van der Waals surface area contributed by atoms with Crippen molar-refractivity contribution in [2.45, 2.75) is 38.0 Å². The van der Waals surface area contributed by atoms with Gasteiger partial charge >= 0.3 is 6.03 Å². The quantitative estimate of drug-likeness (QED) is 0.697. The maximum atomic E-state index is 13.7. The third-order valence-corrected chi connectivity index (χ3v) is 5.61. The molecule has 2 heterocycles. The van der Waals surface area contributed by atoms with Gasteiger partial charge in [0.05, 0.1) is 0 Å². The van der Waals surface area contributed by atoms with E-state index in [1.165, 1.54) is 19.2 Å². The number of nitrogens with one attached hydrogen (secondary N) is 2. The molecule has 2 aliphatic heterocycles. The van der Waals surface area contributed by atoms with Gasteiger partial charge in [-0.25, -0.2) is 9.18 Å². The number of hydrogen-bond donors (Lipinski definition) is 2. The van der Waals surface area contributed by atoms with E-state index in [1.807, 2.05) is 11.8 Å². The highest BCUT2D eigenvalue weighted by Gasteiger charge is 2.45. The second kappa shape index (κ2) is 8.16. The van der Waals surface area contributed by atoms with Crippen LogP contribution < -0.4 is 15.5 Å². The molecule has 3 rings (SSSR count). The van der Waals surface area contributed by atoms with Crippen LogP contribution in [0.1, 0.15) is 20.3 Å². The van der Waals surface area contributed by atoms with Crippen LogP contribution in [0.25, 0.3) is 0 Å². The molecule has 0 aromatic heterocycles. The first-order chi connectivity index (χ1) is 13.6. The maximum Gasteiger partial charge on any atom is 0.322 e. The third kappa shape index (κ3) is 4.45. The average Bonchev–Trinajstić information content (AvgIpc) is 2.89. The van der Waals surface area contributed by atoms with Crippen molar-refractivity contribution in [2.24, 2.45) is 0 Å². The van der Waals surface area contributed by atoms with E-state index >= 15 is 0 Å². The molecule has 0 radical (unpaired) electrons. The van der Waals surface area contributed by atoms with E-state index in [4.69, 9.17) is 16.3 Å². The summed E-state index contributed by atoms with van der Waals surface area (Å²) in [6, 6.07) is 3.69. The number of nitrogens with zero attached hydrogens (tertiary/aromatic N) is 2. The van der Waals surface area contributed by atoms with E-state index in [2.05, 4.69) is 10.6 Å². The van der Waals surface area contributed by atoms with Gasteiger partial charge in [-0.3, -0.25) is 14.9 Å². The third-order valence-electron chi connectivity index (χ3n) is 5.39. The van der Waals surface area contributed by atoms with Gasteiger partial charge in [-0.05, 0) is 32.0 Å². The number of carbonyl (C=O) groups is 3. The summed E-state index contributed by atoms with van der Waals surface area (Å²) in [5.74, 6) is -1.16. The number of rotatable bonds is 5. The molecule has 1 aromatic carbocycles. The van der Waals surface area contributed by atoms with Gasteiger partial charge in [0.15, 0.2) is 0 Å². The van der Waals surface area contributed by atoms with Crippen LogP contribution in [-0.4, -0.2) is 67.2 Å². The Hall–Kier alpha value is -2.39. The fraction of sp³-hybridized carbons (Fsp3) is 0.526. The summed E-state index contributed by atoms with van der Waals surface area (Å²) in [4.78, 5) is 40.1. The molecule has 0 saturated carbocycles. The van der Waals surface area contributed by atoms with Crippen molar-refractivity contribution < 1.29 is 23.5 Å². The van der Waals surface area contributed by atoms with Crippen LogP contribution in [0.3, 0.4) is 0 Å². The van der Waals surface area contributed by atoms with E-state index < -0.39 is 29.4 Å². The number of amides is 4. The van der Waals surface area contributed by atoms with Crippen molar-refractivity contribution in [3.63, 3.8) is 0 Å². The summed E-state index contributed by atoms with van der Waals surface area (Å²) in [5.41, 5.74) is -0.546. The normalized spacial score (nSPS) is 25.6. The lowest BCUT2D eigenvalue weighted by atomic mass is 9.93. The van der Waals surface area contributed by atoms with Gasteiger partial charge in [0, 0.05) is 49.9 Å². The Balaban J connectivity index is 1.67. The first kappa shape index (κ1) is 21.3. The van der Waals surface area contributed by atoms with Crippen molar-refractivity contribution in [3.8, 4) is 0 Å². The predicted molar refractivity (Wildman–Crippen MR) is 105 cm³/mol. The Morgan fingerprint density at radius 2 is 2.10 bits per heavy atom. The van der Waals surface area contributed by atoms with E-state index in [0.29, 0.717) is 30.3 Å². The summed E-state index contributed by atoms with van der Waals surface area (Å²) in [5, 5.41) is 5.04. The lowest BCUT2D eigenvalue weighted by molar-refractivity contribution is -0.144. The van der Waals surface area contributed by atoms with Crippen LogP contribution in [0, 0.1) is 5.82 Å². The lowest BCUT2D eigenvalue weighted by Gasteiger charge is -2.42. The van der Waals surface area contributed by atoms with Crippen LogP contribution in [0.4, 0.5) is 14.9 Å². The Kier molecular flexibility index (Phi) is 6.00. The van der Waals surface area contributed by atoms with E-state index in [9.17, 15) is 18.8 Å². The van der Waals surface area contributed by atoms with Crippen LogP contribution in [0.5, 0.6) is 0 Å². The molecule has 2 unspecified atom stereocenters. The minimum Gasteiger partial charge on any atom is -0.372 e. The average molecular weight is 427 g/mol. The molecular weight excluding hydrogens is 403 g/mol. The van der Waals surface area contributed by atoms with Gasteiger partial charge < -0.3 is 19.9 Å². The summed E-state index contributed by atoms with van der Waals surface area (Å²) in [7, 11) is 1.40. The van der Waals surface area contributed by atoms with Gasteiger partial charge in [0.25, 0.3) is 11.8 Å². The summed E-state index contributed by atoms with van der Waals surface area (Å²) in [6.07, 6.45) is -0.861. The van der Waals surface area contributed by atoms with Crippen molar-refractivity contribution >= 4 is 35.1 Å². The molecule has 29 heavy (non-hydrogen) atoms. The zero-order valence-electron chi connectivity index (χ0n) is 16.5. The SMILES string of the molecule is COC(CC1(C)NC(=O)NC1=O)C(=O)N1CCN(c2cc(F)cc(Cl)c2)[C@@H](C)C1. The molecule has 3 atom stereocenters. The highest BCUT2D eigenvalue weighted by molar-refractivity contribution is 6.30. The smallest absolute Gasteiger partial charge is 0.322 e. The molecule has 4 amide bonds. The largest absolute Gasteiger partial charge is 0.372 e. The van der Waals surface area contributed by atoms with Gasteiger partial charge in [-0.2, -0.15) is 0 Å². The Bertz CT molecular complexity index is 818. The standard InChI is InChI=1S/C19H24ClFN4O4/c1-11-10-24(4-5-25(11)14-7-12(20)6-13(21)8-14)16(26)15(29-3)9-19(2)17(27)22-18(28)23-19/h6-8,11,15H,4-5,9-10H2,1-3H3,(H2,22,23,27,28)/t11-,15?,19?/m0/s1. The van der Waals surface area contributed by atoms with Crippen molar-refractivity contribution in [3.05, 3.63) is 29.0 Å². The molecule has 158 valence electrons. The summed E-state index contributed by atoms with van der Waals surface area (Å²) in [6.45, 7) is 4.80. The van der Waals surface area contributed by atoms with E-state index in [1.54, 1.807) is 17.9 Å². The minimum absolute atomic E-state index is 0.0218. The number of methoxy groups -OCH3 is 1. The molecule has 0 spiro atoms. The number of ether oxygens (including phenoxy) is 1. The number of urea groups is 1. The topological polar surface area (TPSA) is 91.0 Å². The molecule has 1 aromatic rings. The number of benzene rings is 1. The molecular formula is C19H24ClFN4O4. The summed E-state index contributed by atoms with van der Waals surface area (Å²) < 4.78 is 19.1. The number of hydrogen-bond acceptors (Lipinski definition) is 5. The highest BCUT2D eigenvalue weighted by atomic mass is 35.5. The molecule has 0 bridgehead atoms. The molecule has 2 saturated heterocycles. The van der Waals surface area contributed by atoms with Crippen LogP contribution in [-0.2, 0) is 14.3 Å². The van der Waals surface area contributed by atoms with Crippen molar-refractivity contribution in [1.29, 1.82) is 0 Å². The zero-order valence-corrected chi connectivity index (χ0v) is 17.3. The molecule has 10 heteroatoms. The van der Waals surface area contributed by atoms with Gasteiger partial charge in [-0.1, -0.05) is 11.6 Å². The van der Waals surface area contributed by atoms with Gasteiger partial charge in [0.1, 0.15) is 17.5 Å². The highest BCUT2D eigenvalue weighted by Crippen LogP contribution is 2.26. The van der Waals surface area contributed by atoms with Crippen LogP contribution >= 0.6 is 11.6 Å². The second-order valence-electron chi connectivity index (χ2n) is 7.62. The molecule has 8 nitrogen and oxygen atoms in total. The fourth-order valence-electron chi connectivity index (χ4n) is 3.82. The van der Waals surface area contributed by atoms with Crippen molar-refractivity contribution in [2.75, 3.05) is 31.6 Å². The first-order valence-electron chi connectivity index (χ1n) is 9.31. The van der Waals surface area contributed by atoms with Crippen molar-refractivity contribution in [1.82, 2.24) is 15.5 Å². The van der Waals surface area contributed by atoms with Gasteiger partial charge in [0.2, 0.25) is 0 Å². The number of imide groups is 1. The number of piperazine rings is 1. The van der Waals surface area contributed by atoms with E-state index in [0.717, 1.165) is 0 Å². The Morgan fingerprint density at radius 3 is 2.66 bits per heavy atom. The zero-order chi connectivity index (χ0) is 21.3. The predicted octanol–water partition coefficient (Wildman–Crippen LogP) is 1.52. The number of anilines is 1. The first-order valence-corrected chi connectivity index (χ1v) is 9.68. The van der Waals surface area contributed by atoms with Crippen LogP contribution in [0.2, 0.25) is 5.02 Å². The Labute approximate surface area is 173 Å². The Morgan fingerprint density at radius 1 is 1.38 bits per heavy atom. The monoisotopic (exact) mass is 426 g/mol. The molecule has 0 aliphatic carbocycles. The minimum atomic E-state index is -1.21. The molecule has 2 aliphatic rings.